The number of carbonyl (C=O) groups excluding carboxylic acids is 2. The van der Waals surface area contributed by atoms with Crippen LogP contribution in [0.4, 0.5) is 0 Å². The number of imidazole rings is 1. The molecule has 0 amide bonds. The maximum Gasteiger partial charge on any atom is 0.338 e. The Morgan fingerprint density at radius 3 is 2.73 bits per heavy atom. The fraction of sp³-hybridized carbons (Fsp3) is 0.316. The summed E-state index contributed by atoms with van der Waals surface area (Å²) in [5, 5.41) is 0.0451. The van der Waals surface area contributed by atoms with Gasteiger partial charge in [0, 0.05) is 13.3 Å². The molecule has 1 aromatic carbocycles. The summed E-state index contributed by atoms with van der Waals surface area (Å²) in [6.45, 7) is 1.30. The van der Waals surface area contributed by atoms with Gasteiger partial charge in [0.05, 0.1) is 18.0 Å². The van der Waals surface area contributed by atoms with Gasteiger partial charge in [-0.15, -0.1) is 0 Å². The van der Waals surface area contributed by atoms with Crippen molar-refractivity contribution >= 4 is 46.3 Å². The summed E-state index contributed by atoms with van der Waals surface area (Å²) in [5.74, 6) is -0.934. The molecule has 1 saturated heterocycles. The van der Waals surface area contributed by atoms with E-state index in [1.54, 1.807) is 28.8 Å². The first-order valence-corrected chi connectivity index (χ1v) is 9.78. The summed E-state index contributed by atoms with van der Waals surface area (Å²) in [6, 6.07) is 8.62. The minimum atomic E-state index is -0.749. The molecule has 1 aliphatic rings. The smallest absolute Gasteiger partial charge is 0.338 e. The zero-order valence-corrected chi connectivity index (χ0v) is 17.2. The Kier molecular flexibility index (Phi) is 5.85. The van der Waals surface area contributed by atoms with E-state index in [0.717, 1.165) is 0 Å². The van der Waals surface area contributed by atoms with Crippen LogP contribution in [-0.2, 0) is 19.0 Å². The second kappa shape index (κ2) is 8.55. The molecule has 0 aliphatic carbocycles. The van der Waals surface area contributed by atoms with Gasteiger partial charge in [0.1, 0.15) is 18.2 Å². The van der Waals surface area contributed by atoms with Crippen molar-refractivity contribution in [3.8, 4) is 0 Å². The number of hydrogen-bond donors (Lipinski definition) is 0. The second-order valence-corrected chi connectivity index (χ2v) is 7.30. The Morgan fingerprint density at radius 2 is 2.00 bits per heavy atom. The maximum atomic E-state index is 12.2. The van der Waals surface area contributed by atoms with E-state index in [1.807, 2.05) is 6.07 Å². The average molecular weight is 451 g/mol. The number of fused-ring (bicyclic) bond motifs is 1. The van der Waals surface area contributed by atoms with Crippen LogP contribution in [0.2, 0.25) is 10.4 Å². The zero-order valence-electron chi connectivity index (χ0n) is 15.7. The first-order chi connectivity index (χ1) is 14.4. The van der Waals surface area contributed by atoms with Crippen molar-refractivity contribution in [2.24, 2.45) is 0 Å². The van der Waals surface area contributed by atoms with Crippen molar-refractivity contribution in [1.29, 1.82) is 0 Å². The first-order valence-electron chi connectivity index (χ1n) is 9.03. The van der Waals surface area contributed by atoms with Crippen molar-refractivity contribution in [1.82, 2.24) is 19.5 Å². The lowest BCUT2D eigenvalue weighted by Crippen LogP contribution is -2.24. The Balaban J connectivity index is 1.54. The van der Waals surface area contributed by atoms with E-state index < -0.39 is 30.4 Å². The lowest BCUT2D eigenvalue weighted by atomic mass is 10.2. The number of benzene rings is 1. The van der Waals surface area contributed by atoms with E-state index in [-0.39, 0.29) is 17.0 Å². The summed E-state index contributed by atoms with van der Waals surface area (Å²) < 4.78 is 18.4. The number of esters is 2. The fourth-order valence-electron chi connectivity index (χ4n) is 3.26. The molecule has 0 spiro atoms. The summed E-state index contributed by atoms with van der Waals surface area (Å²) in [7, 11) is 0. The predicted molar refractivity (Wildman–Crippen MR) is 106 cm³/mol. The van der Waals surface area contributed by atoms with Gasteiger partial charge in [0.2, 0.25) is 5.28 Å². The molecule has 1 aliphatic heterocycles. The SMILES string of the molecule is CC(=O)OC1CC(COC(=O)c2ccccc2)OC1n1cnc2c(Cl)nc(Cl)nc21. The van der Waals surface area contributed by atoms with Crippen molar-refractivity contribution in [3.63, 3.8) is 0 Å². The van der Waals surface area contributed by atoms with Crippen LogP contribution in [-0.4, -0.2) is 50.3 Å². The molecule has 0 radical (unpaired) electrons. The third-order valence-electron chi connectivity index (χ3n) is 4.50. The first kappa shape index (κ1) is 20.5. The van der Waals surface area contributed by atoms with Crippen molar-refractivity contribution in [2.75, 3.05) is 6.61 Å². The Labute approximate surface area is 180 Å². The van der Waals surface area contributed by atoms with Gasteiger partial charge in [-0.25, -0.2) is 14.8 Å². The van der Waals surface area contributed by atoms with Gasteiger partial charge in [0.15, 0.2) is 17.0 Å². The molecule has 0 N–H and O–H groups in total. The molecule has 0 saturated carbocycles. The molecule has 156 valence electrons. The van der Waals surface area contributed by atoms with E-state index >= 15 is 0 Å². The highest BCUT2D eigenvalue weighted by Crippen LogP contribution is 2.34. The molecule has 3 unspecified atom stereocenters. The molecule has 3 heterocycles. The van der Waals surface area contributed by atoms with Crippen LogP contribution < -0.4 is 0 Å². The van der Waals surface area contributed by atoms with E-state index in [9.17, 15) is 9.59 Å². The van der Waals surface area contributed by atoms with Crippen molar-refractivity contribution in [3.05, 3.63) is 52.7 Å². The molecule has 3 aromatic rings. The highest BCUT2D eigenvalue weighted by Gasteiger charge is 2.40. The quantitative estimate of drug-likeness (QED) is 0.331. The minimum Gasteiger partial charge on any atom is -0.459 e. The summed E-state index contributed by atoms with van der Waals surface area (Å²) in [5.41, 5.74) is 1.11. The highest BCUT2D eigenvalue weighted by atomic mass is 35.5. The monoisotopic (exact) mass is 450 g/mol. The standard InChI is InChI=1S/C19H16Cl2N4O5/c1-10(26)29-13-7-12(8-28-18(27)11-5-3-2-4-6-11)30-17(13)25-9-22-14-15(20)23-19(21)24-16(14)25/h2-6,9,12-13,17H,7-8H2,1H3. The number of hydrogen-bond acceptors (Lipinski definition) is 8. The van der Waals surface area contributed by atoms with Crippen molar-refractivity contribution < 1.29 is 23.8 Å². The predicted octanol–water partition coefficient (Wildman–Crippen LogP) is 3.21. The Hall–Kier alpha value is -2.75. The van der Waals surface area contributed by atoms with Crippen LogP contribution in [0.5, 0.6) is 0 Å². The number of aromatic nitrogens is 4. The number of ether oxygens (including phenoxy) is 3. The van der Waals surface area contributed by atoms with Gasteiger partial charge in [-0.05, 0) is 23.7 Å². The second-order valence-electron chi connectivity index (χ2n) is 6.60. The largest absolute Gasteiger partial charge is 0.459 e. The van der Waals surface area contributed by atoms with Crippen LogP contribution in [0.25, 0.3) is 11.2 Å². The van der Waals surface area contributed by atoms with Gasteiger partial charge >= 0.3 is 11.9 Å². The van der Waals surface area contributed by atoms with E-state index in [2.05, 4.69) is 15.0 Å². The van der Waals surface area contributed by atoms with E-state index in [1.165, 1.54) is 13.3 Å². The molecule has 3 atom stereocenters. The highest BCUT2D eigenvalue weighted by molar-refractivity contribution is 6.35. The molecule has 1 fully saturated rings. The molecular formula is C19H16Cl2N4O5. The normalized spacial score (nSPS) is 21.0. The van der Waals surface area contributed by atoms with Crippen LogP contribution in [0, 0.1) is 0 Å². The van der Waals surface area contributed by atoms with Crippen LogP contribution in [0.15, 0.2) is 36.7 Å². The van der Waals surface area contributed by atoms with Gasteiger partial charge in [-0.2, -0.15) is 4.98 Å². The van der Waals surface area contributed by atoms with Crippen LogP contribution in [0.1, 0.15) is 29.9 Å². The topological polar surface area (TPSA) is 105 Å². The lowest BCUT2D eigenvalue weighted by Gasteiger charge is -2.20. The maximum absolute atomic E-state index is 12.2. The van der Waals surface area contributed by atoms with Gasteiger partial charge in [-0.3, -0.25) is 9.36 Å². The summed E-state index contributed by atoms with van der Waals surface area (Å²) in [6.07, 6.45) is -0.119. The molecule has 9 nitrogen and oxygen atoms in total. The van der Waals surface area contributed by atoms with Crippen LogP contribution in [0.3, 0.4) is 0 Å². The molecule has 2 aromatic heterocycles. The number of halogens is 2. The molecule has 4 rings (SSSR count). The van der Waals surface area contributed by atoms with Crippen molar-refractivity contribution in [2.45, 2.75) is 31.8 Å². The third-order valence-corrected chi connectivity index (χ3v) is 4.93. The van der Waals surface area contributed by atoms with Gasteiger partial charge in [0.25, 0.3) is 0 Å². The molecule has 30 heavy (non-hydrogen) atoms. The number of rotatable bonds is 5. The van der Waals surface area contributed by atoms with Gasteiger partial charge in [-0.1, -0.05) is 29.8 Å². The number of nitrogens with zero attached hydrogens (tertiary/aromatic N) is 4. The van der Waals surface area contributed by atoms with E-state index in [0.29, 0.717) is 23.1 Å². The third kappa shape index (κ3) is 4.23. The molecular weight excluding hydrogens is 435 g/mol. The van der Waals surface area contributed by atoms with Gasteiger partial charge < -0.3 is 14.2 Å². The molecule has 11 heteroatoms. The van der Waals surface area contributed by atoms with E-state index in [4.69, 9.17) is 37.4 Å². The Bertz CT molecular complexity index is 1090. The average Bonchev–Trinajstić information content (AvgIpc) is 3.30. The summed E-state index contributed by atoms with van der Waals surface area (Å²) >= 11 is 12.0. The number of carbonyl (C=O) groups is 2. The zero-order chi connectivity index (χ0) is 21.3. The van der Waals surface area contributed by atoms with Crippen LogP contribution >= 0.6 is 23.2 Å². The summed E-state index contributed by atoms with van der Waals surface area (Å²) in [4.78, 5) is 36.0. The minimum absolute atomic E-state index is 0.00881. The Morgan fingerprint density at radius 1 is 1.23 bits per heavy atom. The fourth-order valence-corrected chi connectivity index (χ4v) is 3.68. The lowest BCUT2D eigenvalue weighted by molar-refractivity contribution is -0.152. The molecule has 0 bridgehead atoms.